The molecule has 0 radical (unpaired) electrons. The number of nitrogens with one attached hydrogen (secondary N) is 2. The highest BCUT2D eigenvalue weighted by molar-refractivity contribution is 7.91. The Morgan fingerprint density at radius 2 is 2.05 bits per heavy atom. The Labute approximate surface area is 128 Å². The molecule has 2 atom stereocenters. The number of carbonyl (C=O) groups excluding carboxylic acids is 1. The van der Waals surface area contributed by atoms with Crippen molar-refractivity contribution in [1.82, 2.24) is 10.6 Å². The molecule has 1 fully saturated rings. The van der Waals surface area contributed by atoms with Crippen LogP contribution >= 0.6 is 12.4 Å². The van der Waals surface area contributed by atoms with Crippen molar-refractivity contribution in [1.29, 1.82) is 0 Å². The molecule has 1 aliphatic rings. The second kappa shape index (κ2) is 8.85. The Morgan fingerprint density at radius 1 is 1.40 bits per heavy atom. The van der Waals surface area contributed by atoms with Gasteiger partial charge in [0, 0.05) is 19.0 Å². The molecular formula is C13H27ClN2O3S. The molecule has 1 aliphatic heterocycles. The zero-order valence-corrected chi connectivity index (χ0v) is 14.1. The molecule has 1 rings (SSSR count). The molecule has 2 N–H and O–H groups in total. The van der Waals surface area contributed by atoms with Gasteiger partial charge in [-0.1, -0.05) is 20.8 Å². The molecular weight excluding hydrogens is 300 g/mol. The molecule has 0 aromatic rings. The maximum absolute atomic E-state index is 11.8. The van der Waals surface area contributed by atoms with Gasteiger partial charge in [0.05, 0.1) is 11.5 Å². The molecule has 0 aromatic heterocycles. The molecule has 1 saturated heterocycles. The predicted octanol–water partition coefficient (Wildman–Crippen LogP) is 0.983. The zero-order valence-electron chi connectivity index (χ0n) is 12.5. The maximum atomic E-state index is 11.8. The van der Waals surface area contributed by atoms with Crippen molar-refractivity contribution < 1.29 is 13.2 Å². The molecule has 7 heteroatoms. The summed E-state index contributed by atoms with van der Waals surface area (Å²) in [4.78, 5) is 11.8. The molecule has 1 heterocycles. The van der Waals surface area contributed by atoms with E-state index in [-0.39, 0.29) is 48.2 Å². The Bertz CT molecular complexity index is 398. The summed E-state index contributed by atoms with van der Waals surface area (Å²) >= 11 is 0. The Morgan fingerprint density at radius 3 is 2.60 bits per heavy atom. The van der Waals surface area contributed by atoms with Crippen molar-refractivity contribution in [3.63, 3.8) is 0 Å². The Hall–Kier alpha value is -0.330. The molecule has 20 heavy (non-hydrogen) atoms. The van der Waals surface area contributed by atoms with Crippen LogP contribution in [0.25, 0.3) is 0 Å². The van der Waals surface area contributed by atoms with Gasteiger partial charge in [-0.25, -0.2) is 8.42 Å². The van der Waals surface area contributed by atoms with E-state index >= 15 is 0 Å². The van der Waals surface area contributed by atoms with E-state index in [2.05, 4.69) is 17.6 Å². The second-order valence-corrected chi connectivity index (χ2v) is 8.13. The van der Waals surface area contributed by atoms with E-state index < -0.39 is 9.84 Å². The minimum Gasteiger partial charge on any atom is -0.352 e. The molecule has 120 valence electrons. The number of amides is 1. The minimum absolute atomic E-state index is 0. The van der Waals surface area contributed by atoms with E-state index in [1.54, 1.807) is 0 Å². The molecule has 5 nitrogen and oxygen atoms in total. The average molecular weight is 327 g/mol. The number of piperidine rings is 1. The highest BCUT2D eigenvalue weighted by Crippen LogP contribution is 2.11. The van der Waals surface area contributed by atoms with Crippen LogP contribution < -0.4 is 10.6 Å². The van der Waals surface area contributed by atoms with Crippen LogP contribution in [0.3, 0.4) is 0 Å². The number of hydrogen-bond acceptors (Lipinski definition) is 4. The van der Waals surface area contributed by atoms with Crippen molar-refractivity contribution in [3.8, 4) is 0 Å². The third kappa shape index (κ3) is 7.45. The maximum Gasteiger partial charge on any atom is 0.221 e. The van der Waals surface area contributed by atoms with Gasteiger partial charge in [-0.05, 0) is 24.8 Å². The summed E-state index contributed by atoms with van der Waals surface area (Å²) in [6.45, 7) is 7.60. The molecule has 0 saturated carbocycles. The van der Waals surface area contributed by atoms with Crippen molar-refractivity contribution >= 4 is 28.2 Å². The van der Waals surface area contributed by atoms with Crippen LogP contribution in [0.4, 0.5) is 0 Å². The highest BCUT2D eigenvalue weighted by Gasteiger charge is 2.23. The van der Waals surface area contributed by atoms with Gasteiger partial charge >= 0.3 is 0 Å². The van der Waals surface area contributed by atoms with Gasteiger partial charge in [-0.2, -0.15) is 0 Å². The zero-order chi connectivity index (χ0) is 14.5. The van der Waals surface area contributed by atoms with E-state index in [1.165, 1.54) is 0 Å². The first-order valence-electron chi connectivity index (χ1n) is 7.00. The highest BCUT2D eigenvalue weighted by atomic mass is 35.5. The smallest absolute Gasteiger partial charge is 0.221 e. The van der Waals surface area contributed by atoms with Gasteiger partial charge in [0.1, 0.15) is 0 Å². The molecule has 0 spiro atoms. The molecule has 0 bridgehead atoms. The lowest BCUT2D eigenvalue weighted by Gasteiger charge is -2.30. The van der Waals surface area contributed by atoms with E-state index in [0.717, 1.165) is 19.5 Å². The third-order valence-corrected chi connectivity index (χ3v) is 5.40. The van der Waals surface area contributed by atoms with Crippen molar-refractivity contribution in [2.45, 2.75) is 39.7 Å². The normalized spacial score (nSPS) is 23.2. The number of rotatable bonds is 6. The first-order valence-corrected chi connectivity index (χ1v) is 8.83. The number of hydrogen-bond donors (Lipinski definition) is 2. The SMILES string of the molecule is CC(C)CS(=O)(=O)CCC(=O)NC1CNCCC1C.Cl. The predicted molar refractivity (Wildman–Crippen MR) is 83.9 cm³/mol. The van der Waals surface area contributed by atoms with Crippen LogP contribution in [0.1, 0.15) is 33.6 Å². The van der Waals surface area contributed by atoms with Gasteiger partial charge in [0.15, 0.2) is 9.84 Å². The lowest BCUT2D eigenvalue weighted by molar-refractivity contribution is -0.121. The van der Waals surface area contributed by atoms with E-state index in [4.69, 9.17) is 0 Å². The van der Waals surface area contributed by atoms with Crippen molar-refractivity contribution in [3.05, 3.63) is 0 Å². The number of sulfone groups is 1. The summed E-state index contributed by atoms with van der Waals surface area (Å²) in [7, 11) is -3.11. The van der Waals surface area contributed by atoms with Crippen LogP contribution in [0.15, 0.2) is 0 Å². The monoisotopic (exact) mass is 326 g/mol. The first kappa shape index (κ1) is 19.7. The third-order valence-electron chi connectivity index (χ3n) is 3.40. The number of carbonyl (C=O) groups is 1. The van der Waals surface area contributed by atoms with Gasteiger partial charge in [-0.3, -0.25) is 4.79 Å². The van der Waals surface area contributed by atoms with Crippen LogP contribution in [0, 0.1) is 11.8 Å². The second-order valence-electron chi connectivity index (χ2n) is 5.90. The molecule has 2 unspecified atom stereocenters. The topological polar surface area (TPSA) is 75.3 Å². The standard InChI is InChI=1S/C13H26N2O3S.ClH/c1-10(2)9-19(17,18)7-5-13(16)15-12-8-14-6-4-11(12)3;/h10-12,14H,4-9H2,1-3H3,(H,15,16);1H. The Kier molecular flexibility index (Phi) is 8.70. The Balaban J connectivity index is 0.00000361. The lowest BCUT2D eigenvalue weighted by Crippen LogP contribution is -2.50. The average Bonchev–Trinajstić information content (AvgIpc) is 2.28. The fraction of sp³-hybridized carbons (Fsp3) is 0.923. The largest absolute Gasteiger partial charge is 0.352 e. The van der Waals surface area contributed by atoms with Gasteiger partial charge in [-0.15, -0.1) is 12.4 Å². The van der Waals surface area contributed by atoms with Crippen LogP contribution in [-0.2, 0) is 14.6 Å². The summed E-state index contributed by atoms with van der Waals surface area (Å²) < 4.78 is 23.4. The summed E-state index contributed by atoms with van der Waals surface area (Å²) in [5.74, 6) is 0.494. The fourth-order valence-electron chi connectivity index (χ4n) is 2.30. The van der Waals surface area contributed by atoms with Gasteiger partial charge in [0.25, 0.3) is 0 Å². The van der Waals surface area contributed by atoms with Crippen molar-refractivity contribution in [2.75, 3.05) is 24.6 Å². The summed E-state index contributed by atoms with van der Waals surface area (Å²) in [5, 5.41) is 6.16. The van der Waals surface area contributed by atoms with E-state index in [9.17, 15) is 13.2 Å². The van der Waals surface area contributed by atoms with E-state index in [0.29, 0.717) is 5.92 Å². The summed E-state index contributed by atoms with van der Waals surface area (Å²) in [5.41, 5.74) is 0. The first-order chi connectivity index (χ1) is 8.80. The summed E-state index contributed by atoms with van der Waals surface area (Å²) in [6.07, 6.45) is 1.11. The van der Waals surface area contributed by atoms with Crippen LogP contribution in [-0.4, -0.2) is 45.0 Å². The fourth-order valence-corrected chi connectivity index (χ4v) is 3.98. The van der Waals surface area contributed by atoms with Crippen molar-refractivity contribution in [2.24, 2.45) is 11.8 Å². The quantitative estimate of drug-likeness (QED) is 0.763. The van der Waals surface area contributed by atoms with Crippen LogP contribution in [0.2, 0.25) is 0 Å². The lowest BCUT2D eigenvalue weighted by atomic mass is 9.95. The molecule has 1 amide bonds. The van der Waals surface area contributed by atoms with Gasteiger partial charge in [0.2, 0.25) is 5.91 Å². The minimum atomic E-state index is -3.11. The molecule has 0 aliphatic carbocycles. The number of halogens is 1. The van der Waals surface area contributed by atoms with Crippen LogP contribution in [0.5, 0.6) is 0 Å². The summed E-state index contributed by atoms with van der Waals surface area (Å²) in [6, 6.07) is 0.119. The molecule has 0 aromatic carbocycles. The van der Waals surface area contributed by atoms with E-state index in [1.807, 2.05) is 13.8 Å². The van der Waals surface area contributed by atoms with Gasteiger partial charge < -0.3 is 10.6 Å².